The van der Waals surface area contributed by atoms with E-state index in [1.807, 2.05) is 45.9 Å². The number of anilines is 2. The molecule has 0 spiro atoms. The SMILES string of the molecule is CC(=O)O.COC(OC)(OC)OC.COc1nc2c(I)cc(-c3c(C)noc3C)cc2[nH]1.Cc1noc(C)c1-c1cc(N)c(N)c(I)c1. The summed E-state index contributed by atoms with van der Waals surface area (Å²) in [5.74, 6) is 0.775. The molecule has 0 aliphatic carbocycles. The van der Waals surface area contributed by atoms with E-state index >= 15 is 0 Å². The molecule has 0 radical (unpaired) electrons. The molecule has 3 heterocycles. The molecule has 0 bridgehead atoms. The van der Waals surface area contributed by atoms with Crippen molar-refractivity contribution in [1.29, 1.82) is 0 Å². The lowest BCUT2D eigenvalue weighted by Crippen LogP contribution is -2.37. The minimum absolute atomic E-state index is 0.517. The quantitative estimate of drug-likeness (QED) is 0.0785. The van der Waals surface area contributed by atoms with Gasteiger partial charge in [0.15, 0.2) is 0 Å². The summed E-state index contributed by atoms with van der Waals surface area (Å²) in [7, 11) is 7.31. The summed E-state index contributed by atoms with van der Waals surface area (Å²) in [6.07, 6.45) is -1.33. The molecule has 0 unspecified atom stereocenters. The highest BCUT2D eigenvalue weighted by Gasteiger charge is 2.29. The second kappa shape index (κ2) is 18.3. The Hall–Kier alpha value is -3.50. The van der Waals surface area contributed by atoms with Crippen LogP contribution < -0.4 is 16.2 Å². The summed E-state index contributed by atoms with van der Waals surface area (Å²) in [5.41, 5.74) is 20.6. The molecule has 0 saturated carbocycles. The number of aryl methyl sites for hydroxylation is 4. The van der Waals surface area contributed by atoms with Crippen LogP contribution in [0.4, 0.5) is 11.4 Å². The van der Waals surface area contributed by atoms with Gasteiger partial charge in [-0.15, -0.1) is 0 Å². The highest BCUT2D eigenvalue weighted by molar-refractivity contribution is 14.1. The molecule has 0 atom stereocenters. The van der Waals surface area contributed by atoms with Gasteiger partial charge in [-0.3, -0.25) is 4.79 Å². The van der Waals surface area contributed by atoms with Crippen LogP contribution in [0.15, 0.2) is 33.3 Å². The summed E-state index contributed by atoms with van der Waals surface area (Å²) in [6, 6.07) is 8.47. The van der Waals surface area contributed by atoms with Crippen LogP contribution in [0.25, 0.3) is 33.3 Å². The van der Waals surface area contributed by atoms with Gasteiger partial charge >= 0.3 is 6.16 Å². The van der Waals surface area contributed by atoms with E-state index < -0.39 is 12.1 Å². The number of carboxylic acids is 1. The number of nitrogens with two attached hydrogens (primary N) is 2. The molecule has 0 amide bonds. The standard InChI is InChI=1S/C13H12IN3O2.C11H12IN3O.C5H12O4.C2H4O2/c1-6-11(7(2)19-17-6)8-4-9(14)12-10(5-8)15-13(16-12)18-3;1-5-10(6(2)16-15-5)7-3-8(12)11(14)9(13)4-7;1-6-5(7-2,8-3)9-4;1-2(3)4/h4-5H,1-3H3,(H,15,16);3-4H,13-14H2,1-2H3;1-4H3;1H3,(H,3,4). The monoisotopic (exact) mass is 894 g/mol. The van der Waals surface area contributed by atoms with Crippen molar-refractivity contribution in [2.45, 2.75) is 40.8 Å². The number of rotatable bonds is 7. The van der Waals surface area contributed by atoms with Crippen molar-refractivity contribution in [2.75, 3.05) is 47.0 Å². The van der Waals surface area contributed by atoms with E-state index in [9.17, 15) is 0 Å². The Kier molecular flexibility index (Phi) is 15.5. The van der Waals surface area contributed by atoms with Crippen LogP contribution in [0.3, 0.4) is 0 Å². The lowest BCUT2D eigenvalue weighted by molar-refractivity contribution is -0.472. The van der Waals surface area contributed by atoms with Gasteiger partial charge in [0.05, 0.1) is 35.4 Å². The molecule has 17 heteroatoms. The number of nitrogens with zero attached hydrogens (tertiary/aromatic N) is 3. The second-order valence-electron chi connectivity index (χ2n) is 9.80. The second-order valence-corrected chi connectivity index (χ2v) is 12.1. The van der Waals surface area contributed by atoms with Gasteiger partial charge in [0.2, 0.25) is 0 Å². The van der Waals surface area contributed by atoms with Crippen molar-refractivity contribution in [3.8, 4) is 28.3 Å². The number of halogens is 2. The van der Waals surface area contributed by atoms with Gasteiger partial charge in [0.25, 0.3) is 12.0 Å². The van der Waals surface area contributed by atoms with Crippen LogP contribution in [0.2, 0.25) is 0 Å². The van der Waals surface area contributed by atoms with Gasteiger partial charge < -0.3 is 54.3 Å². The third-order valence-electron chi connectivity index (χ3n) is 6.52. The molecule has 3 aromatic heterocycles. The summed E-state index contributed by atoms with van der Waals surface area (Å²) in [5, 5.41) is 15.3. The number of imidazole rings is 1. The van der Waals surface area contributed by atoms with Crippen LogP contribution in [0.5, 0.6) is 6.01 Å². The fourth-order valence-corrected chi connectivity index (χ4v) is 5.76. The number of benzene rings is 2. The minimum Gasteiger partial charge on any atom is -0.481 e. The molecule has 0 aliphatic heterocycles. The maximum Gasteiger partial charge on any atom is 0.411 e. The van der Waals surface area contributed by atoms with Gasteiger partial charge in [-0.2, -0.15) is 4.98 Å². The van der Waals surface area contributed by atoms with Crippen molar-refractivity contribution in [3.63, 3.8) is 0 Å². The highest BCUT2D eigenvalue weighted by Crippen LogP contribution is 2.34. The van der Waals surface area contributed by atoms with Crippen LogP contribution in [-0.4, -0.2) is 73.1 Å². The molecule has 262 valence electrons. The number of nitrogens with one attached hydrogen (secondary N) is 1. The van der Waals surface area contributed by atoms with Crippen molar-refractivity contribution >= 4 is 73.6 Å². The van der Waals surface area contributed by atoms with E-state index in [0.717, 1.165) is 70.3 Å². The first-order valence-electron chi connectivity index (χ1n) is 13.9. The first-order valence-corrected chi connectivity index (χ1v) is 16.1. The van der Waals surface area contributed by atoms with Crippen LogP contribution in [-0.2, 0) is 23.7 Å². The molecule has 15 nitrogen and oxygen atoms in total. The summed E-state index contributed by atoms with van der Waals surface area (Å²) in [6.45, 7) is 8.73. The minimum atomic E-state index is -1.33. The Morgan fingerprint density at radius 1 is 0.812 bits per heavy atom. The average molecular weight is 895 g/mol. The van der Waals surface area contributed by atoms with Gasteiger partial charge in [-0.1, -0.05) is 10.3 Å². The predicted molar refractivity (Wildman–Crippen MR) is 197 cm³/mol. The molecule has 5 rings (SSSR count). The van der Waals surface area contributed by atoms with E-state index in [-0.39, 0.29) is 0 Å². The number of fused-ring (bicyclic) bond motifs is 1. The van der Waals surface area contributed by atoms with Gasteiger partial charge in [0, 0.05) is 53.6 Å². The molecule has 0 aliphatic rings. The Labute approximate surface area is 305 Å². The third kappa shape index (κ3) is 10.3. The number of carboxylic acid groups (broad SMARTS) is 1. The number of ether oxygens (including phenoxy) is 5. The van der Waals surface area contributed by atoms with Crippen molar-refractivity contribution in [3.05, 3.63) is 54.3 Å². The Morgan fingerprint density at radius 3 is 1.60 bits per heavy atom. The summed E-state index contributed by atoms with van der Waals surface area (Å²) >= 11 is 4.44. The van der Waals surface area contributed by atoms with E-state index in [4.69, 9.17) is 54.1 Å². The first-order chi connectivity index (χ1) is 22.6. The maximum atomic E-state index is 9.00. The zero-order valence-corrected chi connectivity index (χ0v) is 32.6. The van der Waals surface area contributed by atoms with E-state index in [1.165, 1.54) is 28.4 Å². The number of aromatic amines is 1. The summed E-state index contributed by atoms with van der Waals surface area (Å²) < 4.78 is 36.4. The van der Waals surface area contributed by atoms with E-state index in [2.05, 4.69) is 71.5 Å². The zero-order chi connectivity index (χ0) is 36.3. The predicted octanol–water partition coefficient (Wildman–Crippen LogP) is 6.45. The molecule has 2 aromatic carbocycles. The van der Waals surface area contributed by atoms with Gasteiger partial charge in [-0.05, 0) is 108 Å². The van der Waals surface area contributed by atoms with Crippen LogP contribution in [0, 0.1) is 34.8 Å². The van der Waals surface area contributed by atoms with Crippen molar-refractivity contribution < 1.29 is 42.6 Å². The molecule has 6 N–H and O–H groups in total. The highest BCUT2D eigenvalue weighted by atomic mass is 127. The van der Waals surface area contributed by atoms with Gasteiger partial charge in [-0.25, -0.2) is 0 Å². The molecule has 48 heavy (non-hydrogen) atoms. The Balaban J connectivity index is 0.000000250. The molecular weight excluding hydrogens is 854 g/mol. The number of hydrogen-bond acceptors (Lipinski definition) is 13. The summed E-state index contributed by atoms with van der Waals surface area (Å²) in [4.78, 5) is 16.5. The molecule has 0 saturated heterocycles. The number of carbonyl (C=O) groups is 1. The number of aromatic nitrogens is 4. The Morgan fingerprint density at radius 2 is 1.25 bits per heavy atom. The topological polar surface area (TPSA) is 216 Å². The molecular formula is C31H40I2N6O9. The molecule has 5 aromatic rings. The number of H-pyrrole nitrogens is 1. The van der Waals surface area contributed by atoms with E-state index in [0.29, 0.717) is 17.4 Å². The number of aliphatic carboxylic acids is 1. The number of methoxy groups -OCH3 is 5. The lowest BCUT2D eigenvalue weighted by Gasteiger charge is -2.25. The number of hydrogen-bond donors (Lipinski definition) is 4. The number of nitrogen functional groups attached to an aromatic ring is 2. The van der Waals surface area contributed by atoms with Crippen molar-refractivity contribution in [1.82, 2.24) is 20.3 Å². The fraction of sp³-hybridized carbons (Fsp3) is 0.355. The third-order valence-corrected chi connectivity index (χ3v) is 8.23. The molecule has 0 fully saturated rings. The van der Waals surface area contributed by atoms with Crippen LogP contribution >= 0.6 is 45.2 Å². The largest absolute Gasteiger partial charge is 0.481 e. The van der Waals surface area contributed by atoms with Crippen LogP contribution in [0.1, 0.15) is 29.8 Å². The lowest BCUT2D eigenvalue weighted by atomic mass is 10.0. The average Bonchev–Trinajstić information content (AvgIpc) is 3.73. The normalized spacial score (nSPS) is 10.8. The van der Waals surface area contributed by atoms with Gasteiger partial charge in [0.1, 0.15) is 17.0 Å². The van der Waals surface area contributed by atoms with Crippen molar-refractivity contribution in [2.24, 2.45) is 0 Å². The van der Waals surface area contributed by atoms with E-state index in [1.54, 1.807) is 7.11 Å². The first kappa shape index (κ1) is 40.7. The zero-order valence-electron chi connectivity index (χ0n) is 28.3. The fourth-order valence-electron chi connectivity index (χ4n) is 4.37. The smallest absolute Gasteiger partial charge is 0.411 e. The Bertz CT molecular complexity index is 1730. The maximum absolute atomic E-state index is 9.00.